The number of aliphatic hydroxyl groups excluding tert-OH is 1. The fraction of sp³-hybridized carbons (Fsp3) is 0.0833. The summed E-state index contributed by atoms with van der Waals surface area (Å²) >= 11 is 3.40. The zero-order chi connectivity index (χ0) is 22.2. The maximum absolute atomic E-state index is 13.5. The molecule has 4 aromatic rings. The zero-order valence-electron chi connectivity index (χ0n) is 16.6. The summed E-state index contributed by atoms with van der Waals surface area (Å²) < 4.78 is 6.60. The van der Waals surface area contributed by atoms with Crippen molar-refractivity contribution in [3.8, 4) is 0 Å². The first kappa shape index (κ1) is 20.1. The smallest absolute Gasteiger partial charge is 0.290 e. The summed E-state index contributed by atoms with van der Waals surface area (Å²) in [6.07, 6.45) is 6.45. The number of hydrogen-bond acceptors (Lipinski definition) is 6. The highest BCUT2D eigenvalue weighted by atomic mass is 79.9. The summed E-state index contributed by atoms with van der Waals surface area (Å²) in [5.74, 6) is -1.70. The summed E-state index contributed by atoms with van der Waals surface area (Å²) in [4.78, 5) is 36.1. The number of ketones is 1. The van der Waals surface area contributed by atoms with Crippen molar-refractivity contribution in [2.75, 3.05) is 0 Å². The first-order valence-corrected chi connectivity index (χ1v) is 10.6. The standard InChI is InChI=1S/C24H16BrN3O4/c25-17-3-4-18-16(10-17)11-19(32-18)22(29)20-21(15-5-8-26-9-6-15)28(24(31)23(20)30)13-14-2-1-7-27-12-14/h1-12,21,30H,13H2. The summed E-state index contributed by atoms with van der Waals surface area (Å²) in [7, 11) is 0. The van der Waals surface area contributed by atoms with Gasteiger partial charge in [-0.1, -0.05) is 22.0 Å². The minimum absolute atomic E-state index is 0.0248. The van der Waals surface area contributed by atoms with Crippen molar-refractivity contribution in [2.45, 2.75) is 12.6 Å². The molecule has 0 fully saturated rings. The second kappa shape index (κ2) is 8.05. The van der Waals surface area contributed by atoms with E-state index in [1.54, 1.807) is 55.1 Å². The van der Waals surface area contributed by atoms with Gasteiger partial charge in [-0.2, -0.15) is 0 Å². The molecular weight excluding hydrogens is 474 g/mol. The number of carbonyl (C=O) groups is 2. The maximum Gasteiger partial charge on any atom is 0.290 e. The molecule has 4 heterocycles. The van der Waals surface area contributed by atoms with Crippen molar-refractivity contribution in [2.24, 2.45) is 0 Å². The lowest BCUT2D eigenvalue weighted by Gasteiger charge is -2.26. The SMILES string of the molecule is O=C(C1=C(O)C(=O)N(Cc2cccnc2)C1c1ccncc1)c1cc2cc(Br)ccc2o1. The summed E-state index contributed by atoms with van der Waals surface area (Å²) in [6.45, 7) is 0.174. The van der Waals surface area contributed by atoms with E-state index in [4.69, 9.17) is 4.42 Å². The van der Waals surface area contributed by atoms with E-state index < -0.39 is 23.5 Å². The molecule has 1 atom stereocenters. The molecule has 0 spiro atoms. The van der Waals surface area contributed by atoms with Gasteiger partial charge in [0.2, 0.25) is 5.78 Å². The van der Waals surface area contributed by atoms with Crippen LogP contribution in [0.2, 0.25) is 0 Å². The largest absolute Gasteiger partial charge is 0.503 e. The van der Waals surface area contributed by atoms with Crippen molar-refractivity contribution in [1.29, 1.82) is 0 Å². The maximum atomic E-state index is 13.5. The van der Waals surface area contributed by atoms with E-state index >= 15 is 0 Å². The minimum atomic E-state index is -0.793. The number of carbonyl (C=O) groups excluding carboxylic acids is 2. The van der Waals surface area contributed by atoms with Crippen molar-refractivity contribution in [3.63, 3.8) is 0 Å². The molecule has 0 bridgehead atoms. The third kappa shape index (κ3) is 3.48. The molecule has 3 aromatic heterocycles. The van der Waals surface area contributed by atoms with Crippen LogP contribution in [0, 0.1) is 0 Å². The quantitative estimate of drug-likeness (QED) is 0.405. The molecule has 0 saturated carbocycles. The van der Waals surface area contributed by atoms with Crippen LogP contribution in [0.1, 0.15) is 27.7 Å². The zero-order valence-corrected chi connectivity index (χ0v) is 18.2. The molecule has 7 nitrogen and oxygen atoms in total. The Balaban J connectivity index is 1.59. The molecule has 1 N–H and O–H groups in total. The van der Waals surface area contributed by atoms with Crippen LogP contribution in [-0.2, 0) is 11.3 Å². The third-order valence-corrected chi connectivity index (χ3v) is 5.84. The van der Waals surface area contributed by atoms with Crippen LogP contribution in [0.3, 0.4) is 0 Å². The molecule has 0 saturated heterocycles. The van der Waals surface area contributed by atoms with Gasteiger partial charge in [-0.15, -0.1) is 0 Å². The van der Waals surface area contributed by atoms with E-state index in [0.29, 0.717) is 11.1 Å². The second-order valence-corrected chi connectivity index (χ2v) is 8.28. The van der Waals surface area contributed by atoms with E-state index in [0.717, 1.165) is 15.4 Å². The molecule has 32 heavy (non-hydrogen) atoms. The molecule has 1 amide bonds. The van der Waals surface area contributed by atoms with Crippen LogP contribution in [0.25, 0.3) is 11.0 Å². The Morgan fingerprint density at radius 2 is 1.91 bits per heavy atom. The van der Waals surface area contributed by atoms with Gasteiger partial charge in [0.05, 0.1) is 11.6 Å². The Hall–Kier alpha value is -3.78. The number of halogens is 1. The average molecular weight is 490 g/mol. The molecule has 0 radical (unpaired) electrons. The number of amides is 1. The predicted molar refractivity (Wildman–Crippen MR) is 120 cm³/mol. The van der Waals surface area contributed by atoms with Crippen LogP contribution in [-0.4, -0.2) is 31.7 Å². The molecule has 0 aliphatic carbocycles. The van der Waals surface area contributed by atoms with Crippen LogP contribution < -0.4 is 0 Å². The van der Waals surface area contributed by atoms with Gasteiger partial charge in [-0.25, -0.2) is 0 Å². The van der Waals surface area contributed by atoms with Crippen LogP contribution >= 0.6 is 15.9 Å². The Labute approximate surface area is 191 Å². The number of furan rings is 1. The lowest BCUT2D eigenvalue weighted by atomic mass is 9.95. The van der Waals surface area contributed by atoms with E-state index in [-0.39, 0.29) is 17.9 Å². The van der Waals surface area contributed by atoms with E-state index in [9.17, 15) is 14.7 Å². The molecule has 8 heteroatoms. The van der Waals surface area contributed by atoms with Crippen molar-refractivity contribution >= 4 is 38.6 Å². The Morgan fingerprint density at radius 1 is 1.09 bits per heavy atom. The monoisotopic (exact) mass is 489 g/mol. The van der Waals surface area contributed by atoms with Gasteiger partial charge in [-0.05, 0) is 53.6 Å². The normalized spacial score (nSPS) is 16.2. The second-order valence-electron chi connectivity index (χ2n) is 7.36. The van der Waals surface area contributed by atoms with Gasteiger partial charge in [-0.3, -0.25) is 19.6 Å². The molecule has 158 valence electrons. The highest BCUT2D eigenvalue weighted by molar-refractivity contribution is 9.10. The van der Waals surface area contributed by atoms with Crippen molar-refractivity contribution in [1.82, 2.24) is 14.9 Å². The van der Waals surface area contributed by atoms with Crippen LogP contribution in [0.4, 0.5) is 0 Å². The summed E-state index contributed by atoms with van der Waals surface area (Å²) in [6, 6.07) is 13.2. The van der Waals surface area contributed by atoms with Gasteiger partial charge in [0.1, 0.15) is 5.58 Å². The van der Waals surface area contributed by atoms with Gasteiger partial charge < -0.3 is 14.4 Å². The number of nitrogens with zero attached hydrogens (tertiary/aromatic N) is 3. The van der Waals surface area contributed by atoms with E-state index in [1.165, 1.54) is 4.90 Å². The van der Waals surface area contributed by atoms with Crippen LogP contribution in [0.5, 0.6) is 0 Å². The molecule has 1 aliphatic rings. The van der Waals surface area contributed by atoms with Gasteiger partial charge >= 0.3 is 0 Å². The number of hydrogen-bond donors (Lipinski definition) is 1. The third-order valence-electron chi connectivity index (χ3n) is 5.35. The van der Waals surface area contributed by atoms with Gasteiger partial charge in [0.25, 0.3) is 5.91 Å². The number of pyridine rings is 2. The molecule has 5 rings (SSSR count). The van der Waals surface area contributed by atoms with Crippen molar-refractivity contribution < 1.29 is 19.1 Å². The number of fused-ring (bicyclic) bond motifs is 1. The fourth-order valence-electron chi connectivity index (χ4n) is 3.89. The first-order chi connectivity index (χ1) is 15.5. The molecule has 1 aliphatic heterocycles. The predicted octanol–water partition coefficient (Wildman–Crippen LogP) is 4.76. The number of aliphatic hydroxyl groups is 1. The number of aromatic nitrogens is 2. The topological polar surface area (TPSA) is 96.5 Å². The van der Waals surface area contributed by atoms with Gasteiger partial charge in [0, 0.05) is 41.2 Å². The lowest BCUT2D eigenvalue weighted by Crippen LogP contribution is -2.30. The van der Waals surface area contributed by atoms with E-state index in [2.05, 4.69) is 25.9 Å². The first-order valence-electron chi connectivity index (χ1n) is 9.79. The van der Waals surface area contributed by atoms with Crippen molar-refractivity contribution in [3.05, 3.63) is 106 Å². The Kier molecular flexibility index (Phi) is 5.07. The molecule has 1 unspecified atom stereocenters. The van der Waals surface area contributed by atoms with Gasteiger partial charge in [0.15, 0.2) is 11.5 Å². The number of benzene rings is 1. The fourth-order valence-corrected chi connectivity index (χ4v) is 4.27. The lowest BCUT2D eigenvalue weighted by molar-refractivity contribution is -0.130. The Morgan fingerprint density at radius 3 is 2.66 bits per heavy atom. The average Bonchev–Trinajstić information content (AvgIpc) is 3.34. The molecular formula is C24H16BrN3O4. The van der Waals surface area contributed by atoms with Crippen LogP contribution in [0.15, 0.2) is 93.5 Å². The number of Topliss-reactive ketones (excluding diaryl/α,β-unsaturated/α-hetero) is 1. The summed E-state index contributed by atoms with van der Waals surface area (Å²) in [5, 5.41) is 11.5. The van der Waals surface area contributed by atoms with E-state index in [1.807, 2.05) is 18.2 Å². The number of rotatable bonds is 5. The highest BCUT2D eigenvalue weighted by Gasteiger charge is 2.44. The molecule has 1 aromatic carbocycles. The highest BCUT2D eigenvalue weighted by Crippen LogP contribution is 2.40. The summed E-state index contributed by atoms with van der Waals surface area (Å²) in [5.41, 5.74) is 1.94. The minimum Gasteiger partial charge on any atom is -0.503 e. The Bertz CT molecular complexity index is 1370.